The van der Waals surface area contributed by atoms with Gasteiger partial charge >= 0.3 is 11.6 Å². The molecule has 0 aliphatic carbocycles. The van der Waals surface area contributed by atoms with E-state index in [1.165, 1.54) is 26.2 Å². The fraction of sp³-hybridized carbons (Fsp3) is 0.250. The molecule has 0 fully saturated rings. The molecule has 0 aliphatic rings. The van der Waals surface area contributed by atoms with E-state index in [-0.39, 0.29) is 18.4 Å². The van der Waals surface area contributed by atoms with Crippen molar-refractivity contribution < 1.29 is 28.6 Å². The van der Waals surface area contributed by atoms with Gasteiger partial charge < -0.3 is 24.9 Å². The van der Waals surface area contributed by atoms with Crippen molar-refractivity contribution in [1.82, 2.24) is 10.6 Å². The summed E-state index contributed by atoms with van der Waals surface area (Å²) in [7, 11) is 1.47. The van der Waals surface area contributed by atoms with Crippen molar-refractivity contribution >= 4 is 28.8 Å². The molecule has 0 aliphatic heterocycles. The van der Waals surface area contributed by atoms with E-state index in [1.54, 1.807) is 36.4 Å². The highest BCUT2D eigenvalue weighted by Gasteiger charge is 2.27. The standard InChI is InChI=1S/C24H24N2O7/c1-14(27)25-19(10-15-6-4-3-5-7-15)23(29)26-20(24(30)31)11-16-12-22(28)33-21-13-17(32-2)8-9-18(16)21/h3-9,12-13,19-20H,10-11H2,1-2H3,(H,25,27)(H,26,29)(H,30,31)/t19-,20+/m0/s1. The molecule has 2 atom stereocenters. The highest BCUT2D eigenvalue weighted by atomic mass is 16.5. The summed E-state index contributed by atoms with van der Waals surface area (Å²) in [6, 6.07) is 12.8. The summed E-state index contributed by atoms with van der Waals surface area (Å²) < 4.78 is 10.3. The van der Waals surface area contributed by atoms with Crippen LogP contribution >= 0.6 is 0 Å². The summed E-state index contributed by atoms with van der Waals surface area (Å²) in [6.45, 7) is 1.28. The normalized spacial score (nSPS) is 12.5. The maximum Gasteiger partial charge on any atom is 0.336 e. The molecule has 2 amide bonds. The SMILES string of the molecule is COc1ccc2c(C[C@@H](NC(=O)[C@H](Cc3ccccc3)NC(C)=O)C(=O)O)cc(=O)oc2c1. The Kier molecular flexibility index (Phi) is 7.45. The minimum absolute atomic E-state index is 0.159. The molecule has 172 valence electrons. The number of methoxy groups -OCH3 is 1. The third kappa shape index (κ3) is 6.19. The smallest absolute Gasteiger partial charge is 0.336 e. The van der Waals surface area contributed by atoms with Gasteiger partial charge in [-0.15, -0.1) is 0 Å². The number of benzene rings is 2. The van der Waals surface area contributed by atoms with E-state index in [1.807, 2.05) is 6.07 Å². The molecule has 9 heteroatoms. The first-order valence-corrected chi connectivity index (χ1v) is 10.2. The third-order valence-corrected chi connectivity index (χ3v) is 5.05. The molecule has 3 N–H and O–H groups in total. The van der Waals surface area contributed by atoms with Crippen molar-refractivity contribution in [2.45, 2.75) is 31.8 Å². The predicted molar refractivity (Wildman–Crippen MR) is 120 cm³/mol. The Morgan fingerprint density at radius 3 is 2.36 bits per heavy atom. The summed E-state index contributed by atoms with van der Waals surface area (Å²) >= 11 is 0. The lowest BCUT2D eigenvalue weighted by Crippen LogP contribution is -2.52. The Morgan fingerprint density at radius 2 is 1.73 bits per heavy atom. The van der Waals surface area contributed by atoms with Gasteiger partial charge in [-0.2, -0.15) is 0 Å². The van der Waals surface area contributed by atoms with Gasteiger partial charge in [0.05, 0.1) is 7.11 Å². The number of ether oxygens (including phenoxy) is 1. The zero-order chi connectivity index (χ0) is 24.0. The minimum atomic E-state index is -1.34. The van der Waals surface area contributed by atoms with Crippen LogP contribution in [0, 0.1) is 0 Å². The topological polar surface area (TPSA) is 135 Å². The number of hydrogen-bond donors (Lipinski definition) is 3. The Morgan fingerprint density at radius 1 is 1.00 bits per heavy atom. The zero-order valence-corrected chi connectivity index (χ0v) is 18.2. The number of carboxylic acid groups (broad SMARTS) is 1. The van der Waals surface area contributed by atoms with Gasteiger partial charge in [-0.3, -0.25) is 9.59 Å². The maximum absolute atomic E-state index is 12.9. The van der Waals surface area contributed by atoms with Crippen LogP contribution in [0.3, 0.4) is 0 Å². The number of amides is 2. The fourth-order valence-corrected chi connectivity index (χ4v) is 3.50. The van der Waals surface area contributed by atoms with Crippen molar-refractivity contribution in [3.05, 3.63) is 76.1 Å². The van der Waals surface area contributed by atoms with E-state index < -0.39 is 35.5 Å². The summed E-state index contributed by atoms with van der Waals surface area (Å²) in [6.07, 6.45) is 0.0316. The monoisotopic (exact) mass is 452 g/mol. The summed E-state index contributed by atoms with van der Waals surface area (Å²) in [5, 5.41) is 15.3. The maximum atomic E-state index is 12.9. The number of aliphatic carboxylic acids is 1. The van der Waals surface area contributed by atoms with Crippen LogP contribution in [0.4, 0.5) is 0 Å². The molecule has 0 bridgehead atoms. The van der Waals surface area contributed by atoms with Crippen LogP contribution in [0.1, 0.15) is 18.1 Å². The van der Waals surface area contributed by atoms with Gasteiger partial charge in [0.15, 0.2) is 0 Å². The summed E-state index contributed by atoms with van der Waals surface area (Å²) in [5.41, 5.74) is 0.795. The van der Waals surface area contributed by atoms with Crippen molar-refractivity contribution in [3.63, 3.8) is 0 Å². The van der Waals surface area contributed by atoms with Gasteiger partial charge in [-0.25, -0.2) is 9.59 Å². The van der Waals surface area contributed by atoms with Gasteiger partial charge in [-0.05, 0) is 23.3 Å². The molecule has 1 aromatic heterocycles. The second kappa shape index (κ2) is 10.4. The Bertz CT molecular complexity index is 1220. The highest BCUT2D eigenvalue weighted by Crippen LogP contribution is 2.23. The van der Waals surface area contributed by atoms with Crippen LogP contribution < -0.4 is 21.0 Å². The van der Waals surface area contributed by atoms with Crippen LogP contribution in [-0.2, 0) is 27.2 Å². The van der Waals surface area contributed by atoms with Crippen LogP contribution in [0.25, 0.3) is 11.0 Å². The molecule has 1 heterocycles. The quantitative estimate of drug-likeness (QED) is 0.420. The van der Waals surface area contributed by atoms with E-state index in [4.69, 9.17) is 9.15 Å². The first-order chi connectivity index (χ1) is 15.8. The van der Waals surface area contributed by atoms with E-state index >= 15 is 0 Å². The second-order valence-electron chi connectivity index (χ2n) is 7.50. The molecular formula is C24H24N2O7. The van der Waals surface area contributed by atoms with Crippen LogP contribution in [0.5, 0.6) is 5.75 Å². The lowest BCUT2D eigenvalue weighted by atomic mass is 10.0. The van der Waals surface area contributed by atoms with Gasteiger partial charge in [-0.1, -0.05) is 30.3 Å². The fourth-order valence-electron chi connectivity index (χ4n) is 3.50. The lowest BCUT2D eigenvalue weighted by Gasteiger charge is -2.21. The molecule has 0 saturated heterocycles. The second-order valence-corrected chi connectivity index (χ2v) is 7.50. The molecule has 9 nitrogen and oxygen atoms in total. The van der Waals surface area contributed by atoms with Crippen LogP contribution in [-0.4, -0.2) is 42.1 Å². The lowest BCUT2D eigenvalue weighted by molar-refractivity contribution is -0.142. The Balaban J connectivity index is 1.85. The van der Waals surface area contributed by atoms with E-state index in [9.17, 15) is 24.3 Å². The van der Waals surface area contributed by atoms with Crippen molar-refractivity contribution in [2.75, 3.05) is 7.11 Å². The molecule has 0 saturated carbocycles. The molecule has 0 radical (unpaired) electrons. The number of carboxylic acids is 1. The van der Waals surface area contributed by atoms with Crippen LogP contribution in [0.2, 0.25) is 0 Å². The number of nitrogens with one attached hydrogen (secondary N) is 2. The number of carbonyl (C=O) groups excluding carboxylic acids is 2. The van der Waals surface area contributed by atoms with E-state index in [0.717, 1.165) is 5.56 Å². The summed E-state index contributed by atoms with van der Waals surface area (Å²) in [4.78, 5) is 48.5. The molecule has 0 spiro atoms. The van der Waals surface area contributed by atoms with Gasteiger partial charge in [0.2, 0.25) is 11.8 Å². The molecule has 3 aromatic rings. The number of rotatable bonds is 9. The zero-order valence-electron chi connectivity index (χ0n) is 18.2. The van der Waals surface area contributed by atoms with Crippen molar-refractivity contribution in [1.29, 1.82) is 0 Å². The average molecular weight is 452 g/mol. The number of carbonyl (C=O) groups is 3. The van der Waals surface area contributed by atoms with Crippen LogP contribution in [0.15, 0.2) is 63.8 Å². The van der Waals surface area contributed by atoms with Gasteiger partial charge in [0.1, 0.15) is 23.4 Å². The molecule has 0 unspecified atom stereocenters. The van der Waals surface area contributed by atoms with E-state index in [0.29, 0.717) is 16.7 Å². The number of fused-ring (bicyclic) bond motifs is 1. The predicted octanol–water partition coefficient (Wildman–Crippen LogP) is 1.66. The molecule has 2 aromatic carbocycles. The van der Waals surface area contributed by atoms with Crippen molar-refractivity contribution in [2.24, 2.45) is 0 Å². The molecule has 3 rings (SSSR count). The first-order valence-electron chi connectivity index (χ1n) is 10.2. The van der Waals surface area contributed by atoms with E-state index in [2.05, 4.69) is 10.6 Å². The van der Waals surface area contributed by atoms with Crippen molar-refractivity contribution in [3.8, 4) is 5.75 Å². The molecular weight excluding hydrogens is 428 g/mol. The molecule has 33 heavy (non-hydrogen) atoms. The minimum Gasteiger partial charge on any atom is -0.497 e. The van der Waals surface area contributed by atoms with Gasteiger partial charge in [0.25, 0.3) is 0 Å². The largest absolute Gasteiger partial charge is 0.497 e. The Hall–Kier alpha value is -4.14. The number of hydrogen-bond acceptors (Lipinski definition) is 6. The summed E-state index contributed by atoms with van der Waals surface area (Å²) in [5.74, 6) is -1.86. The first kappa shape index (κ1) is 23.5. The third-order valence-electron chi connectivity index (χ3n) is 5.05. The van der Waals surface area contributed by atoms with Gasteiger partial charge in [0, 0.05) is 37.3 Å². The highest BCUT2D eigenvalue weighted by molar-refractivity contribution is 5.90. The average Bonchev–Trinajstić information content (AvgIpc) is 2.77. The Labute approximate surface area is 189 Å².